The van der Waals surface area contributed by atoms with Gasteiger partial charge >= 0.3 is 0 Å². The van der Waals surface area contributed by atoms with E-state index in [1.165, 1.54) is 16.1 Å². The van der Waals surface area contributed by atoms with Gasteiger partial charge in [0.15, 0.2) is 5.78 Å². The van der Waals surface area contributed by atoms with Gasteiger partial charge < -0.3 is 5.32 Å². The number of carbonyl (C=O) groups is 1. The van der Waals surface area contributed by atoms with Gasteiger partial charge in [0.2, 0.25) is 0 Å². The lowest BCUT2D eigenvalue weighted by molar-refractivity contribution is 0.103. The number of allylic oxidation sites excluding steroid dienone is 3. The summed E-state index contributed by atoms with van der Waals surface area (Å²) in [5.74, 6) is 0.274. The average molecular weight is 307 g/mol. The van der Waals surface area contributed by atoms with E-state index in [0.717, 1.165) is 28.8 Å². The Kier molecular flexibility index (Phi) is 3.05. The SMILES string of the molecule is CCC1=C(C)NC2=C(C(=O)c3ccccc32)C1c1cccs1. The number of rotatable bonds is 2. The summed E-state index contributed by atoms with van der Waals surface area (Å²) in [6, 6.07) is 12.1. The van der Waals surface area contributed by atoms with Crippen LogP contribution in [0.4, 0.5) is 0 Å². The molecule has 1 unspecified atom stereocenters. The third-order valence-corrected chi connectivity index (χ3v) is 5.53. The average Bonchev–Trinajstić information content (AvgIpc) is 3.15. The smallest absolute Gasteiger partial charge is 0.192 e. The molecule has 0 amide bonds. The second-order valence-electron chi connectivity index (χ2n) is 5.74. The molecule has 22 heavy (non-hydrogen) atoms. The highest BCUT2D eigenvalue weighted by Crippen LogP contribution is 2.48. The number of benzene rings is 1. The maximum Gasteiger partial charge on any atom is 0.192 e. The number of thiophene rings is 1. The third-order valence-electron chi connectivity index (χ3n) is 4.59. The van der Waals surface area contributed by atoms with E-state index in [-0.39, 0.29) is 11.7 Å². The molecule has 0 saturated carbocycles. The normalized spacial score (nSPS) is 20.1. The summed E-state index contributed by atoms with van der Waals surface area (Å²) in [6.07, 6.45) is 0.946. The van der Waals surface area contributed by atoms with Crippen LogP contribution in [0.3, 0.4) is 0 Å². The maximum atomic E-state index is 13.0. The van der Waals surface area contributed by atoms with E-state index in [9.17, 15) is 4.79 Å². The van der Waals surface area contributed by atoms with E-state index in [0.29, 0.717) is 0 Å². The summed E-state index contributed by atoms with van der Waals surface area (Å²) in [6.45, 7) is 4.29. The van der Waals surface area contributed by atoms with Gasteiger partial charge in [-0.15, -0.1) is 11.3 Å². The highest BCUT2D eigenvalue weighted by atomic mass is 32.1. The van der Waals surface area contributed by atoms with Crippen molar-refractivity contribution in [3.8, 4) is 0 Å². The minimum Gasteiger partial charge on any atom is -0.358 e. The Labute approximate surface area is 134 Å². The molecule has 0 fully saturated rings. The Morgan fingerprint density at radius 1 is 1.14 bits per heavy atom. The first-order valence-corrected chi connectivity index (χ1v) is 8.48. The number of hydrogen-bond acceptors (Lipinski definition) is 3. The van der Waals surface area contributed by atoms with Gasteiger partial charge in [-0.3, -0.25) is 4.79 Å². The molecule has 2 nitrogen and oxygen atoms in total. The predicted molar refractivity (Wildman–Crippen MR) is 90.9 cm³/mol. The number of nitrogens with one attached hydrogen (secondary N) is 1. The predicted octanol–water partition coefficient (Wildman–Crippen LogP) is 4.73. The second kappa shape index (κ2) is 4.96. The molecule has 1 aliphatic heterocycles. The molecule has 2 aliphatic rings. The van der Waals surface area contributed by atoms with Crippen LogP contribution in [-0.4, -0.2) is 5.78 Å². The minimum atomic E-state index is 0.0983. The van der Waals surface area contributed by atoms with Gasteiger partial charge in [-0.1, -0.05) is 37.3 Å². The topological polar surface area (TPSA) is 29.1 Å². The molecule has 1 N–H and O–H groups in total. The minimum absolute atomic E-state index is 0.0983. The summed E-state index contributed by atoms with van der Waals surface area (Å²) in [5, 5.41) is 5.59. The Morgan fingerprint density at radius 2 is 1.91 bits per heavy atom. The Bertz CT molecular complexity index is 827. The zero-order valence-electron chi connectivity index (χ0n) is 12.6. The monoisotopic (exact) mass is 307 g/mol. The molecule has 1 aromatic carbocycles. The van der Waals surface area contributed by atoms with Gasteiger partial charge in [-0.25, -0.2) is 0 Å². The van der Waals surface area contributed by atoms with Crippen LogP contribution in [0.2, 0.25) is 0 Å². The molecule has 110 valence electrons. The van der Waals surface area contributed by atoms with Crippen LogP contribution in [0.25, 0.3) is 5.70 Å². The van der Waals surface area contributed by atoms with Crippen molar-refractivity contribution < 1.29 is 4.79 Å². The summed E-state index contributed by atoms with van der Waals surface area (Å²) in [4.78, 5) is 14.2. The van der Waals surface area contributed by atoms with E-state index in [1.54, 1.807) is 11.3 Å². The molecule has 2 aromatic rings. The van der Waals surface area contributed by atoms with Crippen molar-refractivity contribution in [3.05, 3.63) is 74.6 Å². The quantitative estimate of drug-likeness (QED) is 0.869. The van der Waals surface area contributed by atoms with E-state index in [2.05, 4.69) is 36.7 Å². The fourth-order valence-corrected chi connectivity index (χ4v) is 4.48. The number of Topliss-reactive ketones (excluding diaryl/α,β-unsaturated/α-hetero) is 1. The van der Waals surface area contributed by atoms with Crippen LogP contribution in [0, 0.1) is 0 Å². The summed E-state index contributed by atoms with van der Waals surface area (Å²) < 4.78 is 0. The molecule has 0 saturated heterocycles. The second-order valence-corrected chi connectivity index (χ2v) is 6.72. The molecule has 0 radical (unpaired) electrons. The van der Waals surface area contributed by atoms with Crippen molar-refractivity contribution in [2.75, 3.05) is 0 Å². The lowest BCUT2D eigenvalue weighted by Gasteiger charge is -2.29. The lowest BCUT2D eigenvalue weighted by atomic mass is 9.82. The van der Waals surface area contributed by atoms with Crippen LogP contribution in [-0.2, 0) is 0 Å². The zero-order valence-corrected chi connectivity index (χ0v) is 13.5. The molecule has 0 spiro atoms. The van der Waals surface area contributed by atoms with Crippen LogP contribution in [0.5, 0.6) is 0 Å². The molecule has 4 rings (SSSR count). The molecule has 1 aromatic heterocycles. The molecule has 0 bridgehead atoms. The Morgan fingerprint density at radius 3 is 2.59 bits per heavy atom. The number of dihydropyridines is 1. The molecule has 2 heterocycles. The highest BCUT2D eigenvalue weighted by Gasteiger charge is 2.39. The van der Waals surface area contributed by atoms with Crippen LogP contribution >= 0.6 is 11.3 Å². The number of hydrogen-bond donors (Lipinski definition) is 1. The van der Waals surface area contributed by atoms with E-state index >= 15 is 0 Å². The largest absolute Gasteiger partial charge is 0.358 e. The molecule has 3 heteroatoms. The van der Waals surface area contributed by atoms with Gasteiger partial charge in [0.05, 0.1) is 5.70 Å². The summed E-state index contributed by atoms with van der Waals surface area (Å²) >= 11 is 1.73. The molecule has 1 aliphatic carbocycles. The van der Waals surface area contributed by atoms with Crippen molar-refractivity contribution >= 4 is 22.8 Å². The van der Waals surface area contributed by atoms with E-state index in [4.69, 9.17) is 0 Å². The van der Waals surface area contributed by atoms with Crippen molar-refractivity contribution in [1.29, 1.82) is 0 Å². The lowest BCUT2D eigenvalue weighted by Crippen LogP contribution is -2.24. The molecular weight excluding hydrogens is 290 g/mol. The van der Waals surface area contributed by atoms with Gasteiger partial charge in [0, 0.05) is 33.2 Å². The van der Waals surface area contributed by atoms with E-state index in [1.807, 2.05) is 24.3 Å². The van der Waals surface area contributed by atoms with Crippen LogP contribution in [0.15, 0.2) is 58.6 Å². The van der Waals surface area contributed by atoms with Gasteiger partial charge in [-0.2, -0.15) is 0 Å². The van der Waals surface area contributed by atoms with E-state index < -0.39 is 0 Å². The van der Waals surface area contributed by atoms with Crippen molar-refractivity contribution in [1.82, 2.24) is 5.32 Å². The maximum absolute atomic E-state index is 13.0. The Hall–Kier alpha value is -2.13. The van der Waals surface area contributed by atoms with Crippen molar-refractivity contribution in [2.24, 2.45) is 0 Å². The van der Waals surface area contributed by atoms with Crippen molar-refractivity contribution in [2.45, 2.75) is 26.2 Å². The third kappa shape index (κ3) is 1.75. The van der Waals surface area contributed by atoms with Crippen LogP contribution in [0.1, 0.15) is 47.0 Å². The number of ketones is 1. The van der Waals surface area contributed by atoms with Gasteiger partial charge in [0.1, 0.15) is 0 Å². The zero-order chi connectivity index (χ0) is 15.3. The summed E-state index contributed by atoms with van der Waals surface area (Å²) in [7, 11) is 0. The highest BCUT2D eigenvalue weighted by molar-refractivity contribution is 7.10. The standard InChI is InChI=1S/C19H17NOS/c1-3-12-11(2)20-18-13-7-4-5-8-14(13)19(21)17(18)16(12)15-9-6-10-22-15/h4-10,16,20H,3H2,1-2H3. The Balaban J connectivity index is 1.95. The summed E-state index contributed by atoms with van der Waals surface area (Å²) in [5.41, 5.74) is 6.30. The van der Waals surface area contributed by atoms with Gasteiger partial charge in [0.25, 0.3) is 0 Å². The van der Waals surface area contributed by atoms with Gasteiger partial charge in [-0.05, 0) is 30.4 Å². The fraction of sp³-hybridized carbons (Fsp3) is 0.211. The number of fused-ring (bicyclic) bond motifs is 2. The van der Waals surface area contributed by atoms with Crippen LogP contribution < -0.4 is 5.32 Å². The number of carbonyl (C=O) groups excluding carboxylic acids is 1. The first kappa shape index (κ1) is 13.5. The molecule has 1 atom stereocenters. The first-order valence-electron chi connectivity index (χ1n) is 7.60. The first-order chi connectivity index (χ1) is 10.7. The van der Waals surface area contributed by atoms with Crippen molar-refractivity contribution in [3.63, 3.8) is 0 Å². The molecular formula is C19H17NOS. The fourth-order valence-electron chi connectivity index (χ4n) is 3.61.